The molecular weight excluding hydrogens is 143 g/mol. The molecule has 0 atom stereocenters. The van der Waals surface area contributed by atoms with Gasteiger partial charge in [-0.2, -0.15) is 0 Å². The number of anilines is 1. The fraction of sp³-hybridized carbons (Fsp3) is 0. The van der Waals surface area contributed by atoms with Crippen molar-refractivity contribution in [2.45, 2.75) is 0 Å². The summed E-state index contributed by atoms with van der Waals surface area (Å²) >= 11 is 0. The molecule has 4 nitrogen and oxygen atoms in total. The van der Waals surface area contributed by atoms with Gasteiger partial charge in [0.05, 0.1) is 4.92 Å². The number of nitro groups is 1. The molecule has 0 aliphatic heterocycles. The van der Waals surface area contributed by atoms with Crippen LogP contribution in [0.1, 0.15) is 0 Å². The third kappa shape index (κ3) is 1.70. The normalized spacial score (nSPS) is 9.45. The van der Waals surface area contributed by atoms with E-state index in [1.165, 1.54) is 12.1 Å². The quantitative estimate of drug-likeness (QED) is 0.252. The summed E-state index contributed by atoms with van der Waals surface area (Å²) in [5, 5.41) is 10.3. The summed E-state index contributed by atoms with van der Waals surface area (Å²) in [6.45, 7) is 0. The highest BCUT2D eigenvalue weighted by atomic mass is 16.6. The fourth-order valence-corrected chi connectivity index (χ4v) is 0.897. The van der Waals surface area contributed by atoms with E-state index < -0.39 is 4.92 Å². The Morgan fingerprint density at radius 2 is 2.09 bits per heavy atom. The van der Waals surface area contributed by atoms with Gasteiger partial charge in [0.15, 0.2) is 0 Å². The Bertz CT molecular complexity index is 280. The van der Waals surface area contributed by atoms with E-state index in [9.17, 15) is 10.1 Å². The molecule has 0 spiro atoms. The molecule has 0 saturated carbocycles. The zero-order valence-corrected chi connectivity index (χ0v) is 6.07. The van der Waals surface area contributed by atoms with E-state index in [1.54, 1.807) is 13.9 Å². The minimum Gasteiger partial charge on any atom is -0.399 e. The third-order valence-corrected chi connectivity index (χ3v) is 1.30. The van der Waals surface area contributed by atoms with Crippen molar-refractivity contribution in [2.24, 2.45) is 0 Å². The van der Waals surface area contributed by atoms with Crippen LogP contribution >= 0.6 is 0 Å². The average Bonchev–Trinajstić information content (AvgIpc) is 1.85. The Labute approximate surface area is 64.6 Å². The molecule has 0 aliphatic rings. The monoisotopic (exact) mass is 150 g/mol. The van der Waals surface area contributed by atoms with Crippen LogP contribution in [0.3, 0.4) is 0 Å². The van der Waals surface area contributed by atoms with E-state index >= 15 is 0 Å². The maximum Gasteiger partial charge on any atom is 0.270 e. The van der Waals surface area contributed by atoms with Gasteiger partial charge in [0.1, 0.15) is 7.85 Å². The first-order valence-corrected chi connectivity index (χ1v) is 3.11. The Kier molecular flexibility index (Phi) is 1.80. The van der Waals surface area contributed by atoms with Crippen LogP contribution in [0, 0.1) is 10.1 Å². The smallest absolute Gasteiger partial charge is 0.270 e. The molecule has 5 heteroatoms. The second-order valence-corrected chi connectivity index (χ2v) is 2.36. The van der Waals surface area contributed by atoms with Crippen LogP contribution in [-0.2, 0) is 0 Å². The summed E-state index contributed by atoms with van der Waals surface area (Å²) in [5.74, 6) is 0. The van der Waals surface area contributed by atoms with Crippen LogP contribution in [-0.4, -0.2) is 12.8 Å². The second-order valence-electron chi connectivity index (χ2n) is 2.36. The predicted molar refractivity (Wildman–Crippen MR) is 45.7 cm³/mol. The largest absolute Gasteiger partial charge is 0.399 e. The van der Waals surface area contributed by atoms with Gasteiger partial charge in [-0.25, -0.2) is 0 Å². The molecule has 0 heterocycles. The molecule has 0 amide bonds. The molecular formula is C6H7BN2O2. The predicted octanol–water partition coefficient (Wildman–Crippen LogP) is -0.565. The summed E-state index contributed by atoms with van der Waals surface area (Å²) in [5.41, 5.74) is 6.67. The van der Waals surface area contributed by atoms with Crippen molar-refractivity contribution in [3.63, 3.8) is 0 Å². The number of non-ortho nitro benzene ring substituents is 1. The topological polar surface area (TPSA) is 69.2 Å². The molecule has 0 unspecified atom stereocenters. The number of rotatable bonds is 1. The molecule has 1 rings (SSSR count). The zero-order chi connectivity index (χ0) is 8.43. The number of hydrogen-bond acceptors (Lipinski definition) is 3. The van der Waals surface area contributed by atoms with Crippen LogP contribution in [0.2, 0.25) is 0 Å². The van der Waals surface area contributed by atoms with Gasteiger partial charge in [0, 0.05) is 17.8 Å². The molecule has 11 heavy (non-hydrogen) atoms. The van der Waals surface area contributed by atoms with Gasteiger partial charge in [-0.05, 0) is 6.07 Å². The first-order chi connectivity index (χ1) is 5.09. The molecule has 1 aromatic carbocycles. The third-order valence-electron chi connectivity index (χ3n) is 1.30. The van der Waals surface area contributed by atoms with Crippen molar-refractivity contribution in [3.05, 3.63) is 28.3 Å². The maximum atomic E-state index is 10.3. The Balaban J connectivity index is 3.19. The number of hydrogen-bond donors (Lipinski definition) is 1. The van der Waals surface area contributed by atoms with E-state index in [2.05, 4.69) is 0 Å². The molecule has 0 aromatic heterocycles. The Morgan fingerprint density at radius 1 is 1.45 bits per heavy atom. The van der Waals surface area contributed by atoms with Gasteiger partial charge < -0.3 is 5.73 Å². The maximum absolute atomic E-state index is 10.3. The molecule has 0 bridgehead atoms. The fourth-order valence-electron chi connectivity index (χ4n) is 0.897. The summed E-state index contributed by atoms with van der Waals surface area (Å²) in [7, 11) is 1.77. The summed E-state index contributed by atoms with van der Waals surface area (Å²) < 4.78 is 0. The standard InChI is InChI=1S/C6H7BN2O2/c7-4-1-5(8)3-6(2-4)9(10)11/h1-3H,7-8H2. The molecule has 56 valence electrons. The van der Waals surface area contributed by atoms with Crippen molar-refractivity contribution in [3.8, 4) is 0 Å². The van der Waals surface area contributed by atoms with Crippen LogP contribution in [0.5, 0.6) is 0 Å². The van der Waals surface area contributed by atoms with Crippen molar-refractivity contribution in [1.82, 2.24) is 0 Å². The first-order valence-electron chi connectivity index (χ1n) is 3.11. The highest BCUT2D eigenvalue weighted by Crippen LogP contribution is 2.11. The number of nitrogen functional groups attached to an aromatic ring is 1. The van der Waals surface area contributed by atoms with Gasteiger partial charge in [-0.1, -0.05) is 5.46 Å². The summed E-state index contributed by atoms with van der Waals surface area (Å²) in [6.07, 6.45) is 0. The van der Waals surface area contributed by atoms with Crippen molar-refractivity contribution in [1.29, 1.82) is 0 Å². The zero-order valence-electron chi connectivity index (χ0n) is 6.07. The lowest BCUT2D eigenvalue weighted by Crippen LogP contribution is -2.05. The molecule has 0 radical (unpaired) electrons. The van der Waals surface area contributed by atoms with Crippen LogP contribution in [0.4, 0.5) is 11.4 Å². The Hall–Kier alpha value is -1.52. The van der Waals surface area contributed by atoms with Gasteiger partial charge in [-0.15, -0.1) is 0 Å². The van der Waals surface area contributed by atoms with Crippen molar-refractivity contribution < 1.29 is 4.92 Å². The van der Waals surface area contributed by atoms with E-state index in [0.29, 0.717) is 5.69 Å². The lowest BCUT2D eigenvalue weighted by atomic mass is 9.95. The van der Waals surface area contributed by atoms with Crippen molar-refractivity contribution in [2.75, 3.05) is 5.73 Å². The molecule has 0 saturated heterocycles. The number of nitrogens with two attached hydrogens (primary N) is 1. The molecule has 1 aromatic rings. The van der Waals surface area contributed by atoms with Gasteiger partial charge >= 0.3 is 0 Å². The SMILES string of the molecule is Bc1cc(N)cc([N+](=O)[O-])c1. The second kappa shape index (κ2) is 2.61. The lowest BCUT2D eigenvalue weighted by Gasteiger charge is -1.95. The molecule has 0 aliphatic carbocycles. The van der Waals surface area contributed by atoms with Crippen molar-refractivity contribution >= 4 is 24.7 Å². The molecule has 0 fully saturated rings. The van der Waals surface area contributed by atoms with Gasteiger partial charge in [0.25, 0.3) is 5.69 Å². The molecule has 2 N–H and O–H groups in total. The van der Waals surface area contributed by atoms with E-state index in [0.717, 1.165) is 5.46 Å². The lowest BCUT2D eigenvalue weighted by molar-refractivity contribution is -0.384. The van der Waals surface area contributed by atoms with Gasteiger partial charge in [-0.3, -0.25) is 10.1 Å². The summed E-state index contributed by atoms with van der Waals surface area (Å²) in [6, 6.07) is 4.51. The van der Waals surface area contributed by atoms with E-state index in [-0.39, 0.29) is 5.69 Å². The van der Waals surface area contributed by atoms with Crippen LogP contribution in [0.15, 0.2) is 18.2 Å². The highest BCUT2D eigenvalue weighted by molar-refractivity contribution is 6.32. The van der Waals surface area contributed by atoms with E-state index in [4.69, 9.17) is 5.73 Å². The minimum atomic E-state index is -0.455. The average molecular weight is 150 g/mol. The number of nitro benzene ring substituents is 1. The minimum absolute atomic E-state index is 0.0440. The van der Waals surface area contributed by atoms with Crippen LogP contribution in [0.25, 0.3) is 0 Å². The summed E-state index contributed by atoms with van der Waals surface area (Å²) in [4.78, 5) is 9.80. The number of benzene rings is 1. The van der Waals surface area contributed by atoms with Gasteiger partial charge in [0.2, 0.25) is 0 Å². The highest BCUT2D eigenvalue weighted by Gasteiger charge is 2.05. The number of nitrogens with zero attached hydrogens (tertiary/aromatic N) is 1. The Morgan fingerprint density at radius 3 is 2.55 bits per heavy atom. The van der Waals surface area contributed by atoms with Crippen LogP contribution < -0.4 is 11.2 Å². The first kappa shape index (κ1) is 7.59. The van der Waals surface area contributed by atoms with E-state index in [1.807, 2.05) is 0 Å².